The Balaban J connectivity index is 3.10. The first-order valence-electron chi connectivity index (χ1n) is 3.92. The summed E-state index contributed by atoms with van der Waals surface area (Å²) in [5.41, 5.74) is 2.92. The summed E-state index contributed by atoms with van der Waals surface area (Å²) in [6.07, 6.45) is 0. The quantitative estimate of drug-likeness (QED) is 0.657. The highest BCUT2D eigenvalue weighted by molar-refractivity contribution is 6.02. The lowest BCUT2D eigenvalue weighted by Crippen LogP contribution is -2.07. The molecule has 0 amide bonds. The van der Waals surface area contributed by atoms with Crippen LogP contribution < -0.4 is 0 Å². The summed E-state index contributed by atoms with van der Waals surface area (Å²) >= 11 is 0. The van der Waals surface area contributed by atoms with E-state index in [0.717, 1.165) is 16.8 Å². The minimum Gasteiger partial charge on any atom is -0.390 e. The Hall–Kier alpha value is -1.15. The van der Waals surface area contributed by atoms with E-state index in [2.05, 4.69) is 4.99 Å². The number of aryl methyl sites for hydroxylation is 1. The lowest BCUT2D eigenvalue weighted by Gasteiger charge is -2.05. The second-order valence-electron chi connectivity index (χ2n) is 2.64. The van der Waals surface area contributed by atoms with Crippen molar-refractivity contribution in [3.05, 3.63) is 35.4 Å². The first kappa shape index (κ1) is 8.94. The largest absolute Gasteiger partial charge is 0.390 e. The smallest absolute Gasteiger partial charge is 0.0854 e. The van der Waals surface area contributed by atoms with Crippen molar-refractivity contribution in [2.45, 2.75) is 6.92 Å². The summed E-state index contributed by atoms with van der Waals surface area (Å²) in [4.78, 5) is 4.00. The summed E-state index contributed by atoms with van der Waals surface area (Å²) in [6, 6.07) is 7.90. The van der Waals surface area contributed by atoms with Gasteiger partial charge in [0, 0.05) is 12.6 Å². The van der Waals surface area contributed by atoms with Crippen molar-refractivity contribution in [3.8, 4) is 0 Å². The van der Waals surface area contributed by atoms with Gasteiger partial charge in [-0.1, -0.05) is 24.3 Å². The van der Waals surface area contributed by atoms with Gasteiger partial charge in [-0.15, -0.1) is 0 Å². The van der Waals surface area contributed by atoms with E-state index < -0.39 is 0 Å². The predicted octanol–water partition coefficient (Wildman–Crippen LogP) is 1.41. The number of hydrogen-bond donors (Lipinski definition) is 1. The van der Waals surface area contributed by atoms with E-state index in [4.69, 9.17) is 5.11 Å². The molecule has 0 spiro atoms. The van der Waals surface area contributed by atoms with Crippen molar-refractivity contribution in [1.82, 2.24) is 0 Å². The Morgan fingerprint density at radius 1 is 1.42 bits per heavy atom. The molecule has 64 valence electrons. The van der Waals surface area contributed by atoms with Crippen LogP contribution in [0.4, 0.5) is 0 Å². The zero-order valence-corrected chi connectivity index (χ0v) is 7.41. The Morgan fingerprint density at radius 2 is 2.08 bits per heavy atom. The zero-order valence-electron chi connectivity index (χ0n) is 7.41. The zero-order chi connectivity index (χ0) is 8.97. The SMILES string of the molecule is CN=C(CO)c1ccccc1C. The third kappa shape index (κ3) is 1.71. The van der Waals surface area contributed by atoms with Crippen LogP contribution in [0, 0.1) is 6.92 Å². The number of aliphatic hydroxyl groups excluding tert-OH is 1. The molecule has 0 aliphatic heterocycles. The molecular weight excluding hydrogens is 150 g/mol. The topological polar surface area (TPSA) is 32.6 Å². The normalized spacial score (nSPS) is 11.8. The van der Waals surface area contributed by atoms with Gasteiger partial charge in [-0.25, -0.2) is 0 Å². The molecule has 0 aliphatic carbocycles. The molecule has 2 heteroatoms. The minimum absolute atomic E-state index is 0.00134. The van der Waals surface area contributed by atoms with Crippen LogP contribution in [0.2, 0.25) is 0 Å². The van der Waals surface area contributed by atoms with Gasteiger partial charge in [-0.3, -0.25) is 4.99 Å². The summed E-state index contributed by atoms with van der Waals surface area (Å²) < 4.78 is 0. The summed E-state index contributed by atoms with van der Waals surface area (Å²) in [7, 11) is 1.69. The van der Waals surface area contributed by atoms with Gasteiger partial charge in [0.15, 0.2) is 0 Å². The molecule has 0 aromatic heterocycles. The van der Waals surface area contributed by atoms with Crippen molar-refractivity contribution < 1.29 is 5.11 Å². The molecule has 2 nitrogen and oxygen atoms in total. The molecule has 0 saturated carbocycles. The fraction of sp³-hybridized carbons (Fsp3) is 0.300. The van der Waals surface area contributed by atoms with E-state index in [1.807, 2.05) is 31.2 Å². The second-order valence-corrected chi connectivity index (χ2v) is 2.64. The average Bonchev–Trinajstić information content (AvgIpc) is 2.10. The molecule has 1 rings (SSSR count). The van der Waals surface area contributed by atoms with Crippen molar-refractivity contribution in [2.24, 2.45) is 4.99 Å². The standard InChI is InChI=1S/C10H13NO/c1-8-5-3-4-6-9(8)10(7-12)11-2/h3-6,12H,7H2,1-2H3. The maximum Gasteiger partial charge on any atom is 0.0854 e. The van der Waals surface area contributed by atoms with Crippen molar-refractivity contribution >= 4 is 5.71 Å². The third-order valence-corrected chi connectivity index (χ3v) is 1.88. The van der Waals surface area contributed by atoms with Gasteiger partial charge in [-0.2, -0.15) is 0 Å². The van der Waals surface area contributed by atoms with Gasteiger partial charge in [0.2, 0.25) is 0 Å². The van der Waals surface area contributed by atoms with Crippen LogP contribution in [-0.2, 0) is 0 Å². The van der Waals surface area contributed by atoms with Gasteiger partial charge < -0.3 is 5.11 Å². The van der Waals surface area contributed by atoms with Crippen LogP contribution >= 0.6 is 0 Å². The van der Waals surface area contributed by atoms with E-state index in [0.29, 0.717) is 0 Å². The van der Waals surface area contributed by atoms with Gasteiger partial charge >= 0.3 is 0 Å². The molecule has 0 radical (unpaired) electrons. The molecule has 0 aliphatic rings. The lowest BCUT2D eigenvalue weighted by molar-refractivity contribution is 0.357. The molecule has 0 saturated heterocycles. The van der Waals surface area contributed by atoms with Crippen LogP contribution in [-0.4, -0.2) is 24.5 Å². The Bertz CT molecular complexity index is 292. The highest BCUT2D eigenvalue weighted by atomic mass is 16.3. The van der Waals surface area contributed by atoms with Gasteiger partial charge in [0.1, 0.15) is 0 Å². The Labute approximate surface area is 72.6 Å². The molecular formula is C10H13NO. The van der Waals surface area contributed by atoms with E-state index >= 15 is 0 Å². The van der Waals surface area contributed by atoms with Crippen LogP contribution in [0.3, 0.4) is 0 Å². The number of nitrogens with zero attached hydrogens (tertiary/aromatic N) is 1. The second kappa shape index (κ2) is 4.02. The number of benzene rings is 1. The number of hydrogen-bond acceptors (Lipinski definition) is 2. The van der Waals surface area contributed by atoms with Gasteiger partial charge in [0.25, 0.3) is 0 Å². The Morgan fingerprint density at radius 3 is 2.58 bits per heavy atom. The molecule has 12 heavy (non-hydrogen) atoms. The minimum atomic E-state index is 0.00134. The molecule has 1 N–H and O–H groups in total. The molecule has 1 aromatic carbocycles. The first-order valence-corrected chi connectivity index (χ1v) is 3.92. The van der Waals surface area contributed by atoms with Gasteiger partial charge in [0.05, 0.1) is 12.3 Å². The molecule has 0 atom stereocenters. The number of rotatable bonds is 2. The maximum atomic E-state index is 8.97. The maximum absolute atomic E-state index is 8.97. The molecule has 0 fully saturated rings. The van der Waals surface area contributed by atoms with E-state index in [1.165, 1.54) is 0 Å². The van der Waals surface area contributed by atoms with Crippen LogP contribution in [0.25, 0.3) is 0 Å². The van der Waals surface area contributed by atoms with Gasteiger partial charge in [-0.05, 0) is 12.5 Å². The highest BCUT2D eigenvalue weighted by Crippen LogP contribution is 2.07. The van der Waals surface area contributed by atoms with Crippen molar-refractivity contribution in [2.75, 3.05) is 13.7 Å². The third-order valence-electron chi connectivity index (χ3n) is 1.88. The average molecular weight is 163 g/mol. The van der Waals surface area contributed by atoms with E-state index in [-0.39, 0.29) is 6.61 Å². The van der Waals surface area contributed by atoms with Crippen LogP contribution in [0.5, 0.6) is 0 Å². The Kier molecular flexibility index (Phi) is 3.00. The summed E-state index contributed by atoms with van der Waals surface area (Å²) in [5.74, 6) is 0. The fourth-order valence-corrected chi connectivity index (χ4v) is 1.17. The molecule has 0 heterocycles. The van der Waals surface area contributed by atoms with Crippen molar-refractivity contribution in [1.29, 1.82) is 0 Å². The van der Waals surface area contributed by atoms with E-state index in [9.17, 15) is 0 Å². The van der Waals surface area contributed by atoms with E-state index in [1.54, 1.807) is 7.05 Å². The van der Waals surface area contributed by atoms with Crippen LogP contribution in [0.15, 0.2) is 29.3 Å². The summed E-state index contributed by atoms with van der Waals surface area (Å²) in [5, 5.41) is 8.97. The highest BCUT2D eigenvalue weighted by Gasteiger charge is 2.02. The predicted molar refractivity (Wildman–Crippen MR) is 50.7 cm³/mol. The number of aliphatic hydroxyl groups is 1. The molecule has 0 unspecified atom stereocenters. The van der Waals surface area contributed by atoms with Crippen molar-refractivity contribution in [3.63, 3.8) is 0 Å². The lowest BCUT2D eigenvalue weighted by atomic mass is 10.0. The number of aliphatic imine (C=N–C) groups is 1. The molecule has 1 aromatic rings. The first-order chi connectivity index (χ1) is 5.79. The molecule has 0 bridgehead atoms. The summed E-state index contributed by atoms with van der Waals surface area (Å²) in [6.45, 7) is 2.01. The van der Waals surface area contributed by atoms with Crippen LogP contribution in [0.1, 0.15) is 11.1 Å². The monoisotopic (exact) mass is 163 g/mol. The fourth-order valence-electron chi connectivity index (χ4n) is 1.17.